The van der Waals surface area contributed by atoms with Gasteiger partial charge in [0.1, 0.15) is 23.0 Å². The Morgan fingerprint density at radius 2 is 0.742 bits per heavy atom. The molecule has 0 saturated heterocycles. The van der Waals surface area contributed by atoms with Gasteiger partial charge in [-0.2, -0.15) is 63.6 Å². The quantitative estimate of drug-likeness (QED) is 0.0272. The van der Waals surface area contributed by atoms with Crippen LogP contribution in [0.5, 0.6) is 12.0 Å². The van der Waals surface area contributed by atoms with Gasteiger partial charge in [0.05, 0.1) is 9.79 Å². The number of rotatable bonds is 20. The van der Waals surface area contributed by atoms with Crippen LogP contribution in [0.25, 0.3) is 12.2 Å². The summed E-state index contributed by atoms with van der Waals surface area (Å²) in [6.45, 7) is 7.09. The van der Waals surface area contributed by atoms with Gasteiger partial charge in [-0.1, -0.05) is 49.6 Å². The number of nitrogens with one attached hydrogen (secondary N) is 4. The van der Waals surface area contributed by atoms with Gasteiger partial charge in [0.2, 0.25) is 23.8 Å². The molecule has 0 spiro atoms. The van der Waals surface area contributed by atoms with Crippen molar-refractivity contribution in [1.82, 2.24) is 29.9 Å². The van der Waals surface area contributed by atoms with E-state index in [9.17, 15) is 51.9 Å². The SMILES string of the molecule is C=CCOc1nc(Nc2ccc(S(=O)(=O)O)cc2)nc(Nc2ccc(/C=C/c3ccc(Nc4nc(Nc5ccc(S(=O)(=O)O)cc5)nc(OCC=C)n4)cc3S(=O)(=O)O)c(S(=O)(=O)O)c2)n1. The Morgan fingerprint density at radius 3 is 1.03 bits per heavy atom. The summed E-state index contributed by atoms with van der Waals surface area (Å²) in [5.74, 6) is -0.595. The molecular formula is C38H34N10O14S4. The molecule has 0 amide bonds. The van der Waals surface area contributed by atoms with Crippen molar-refractivity contribution in [1.29, 1.82) is 0 Å². The molecule has 0 aliphatic heterocycles. The predicted molar refractivity (Wildman–Crippen MR) is 238 cm³/mol. The zero-order valence-electron chi connectivity index (χ0n) is 33.4. The van der Waals surface area contributed by atoms with Crippen LogP contribution in [-0.4, -0.2) is 95.0 Å². The maximum atomic E-state index is 12.6. The largest absolute Gasteiger partial charge is 0.459 e. The van der Waals surface area contributed by atoms with Crippen molar-refractivity contribution in [2.75, 3.05) is 34.5 Å². The first-order valence-electron chi connectivity index (χ1n) is 18.2. The molecule has 8 N–H and O–H groups in total. The van der Waals surface area contributed by atoms with Gasteiger partial charge in [-0.15, -0.1) is 0 Å². The van der Waals surface area contributed by atoms with Gasteiger partial charge in [-0.25, -0.2) is 0 Å². The number of anilines is 8. The van der Waals surface area contributed by atoms with Crippen LogP contribution in [0.1, 0.15) is 11.1 Å². The molecule has 0 saturated carbocycles. The number of ether oxygens (including phenoxy) is 2. The van der Waals surface area contributed by atoms with Crippen molar-refractivity contribution < 1.29 is 61.4 Å². The summed E-state index contributed by atoms with van der Waals surface area (Å²) in [5.41, 5.74) is 0.397. The molecule has 6 rings (SSSR count). The van der Waals surface area contributed by atoms with Crippen LogP contribution in [0.4, 0.5) is 46.5 Å². The van der Waals surface area contributed by atoms with Gasteiger partial charge in [0.15, 0.2) is 0 Å². The minimum absolute atomic E-state index is 0.0218. The molecule has 28 heteroatoms. The fourth-order valence-corrected chi connectivity index (χ4v) is 7.78. The van der Waals surface area contributed by atoms with Crippen molar-refractivity contribution in [2.24, 2.45) is 0 Å². The fourth-order valence-electron chi connectivity index (χ4n) is 5.40. The minimum atomic E-state index is -4.96. The van der Waals surface area contributed by atoms with E-state index in [1.165, 1.54) is 72.8 Å². The standard InChI is InChI=1S/C38H34N10O14S4/c1-3-19-61-37-45-33(39-25-11-15-29(16-12-25)63(49,50)51)43-35(47-37)41-27-9-7-23(31(21-27)65(55,56)57)5-6-24-8-10-28(22-32(24)66(58,59)60)42-36-44-34(46-38(48-36)62-20-4-2)40-26-13-17-30(18-14-26)64(52,53)54/h3-18,21-22H,1-2,19-20H2,(H,49,50,51)(H,52,53,54)(H,55,56,57)(H,58,59,60)(H2,39,41,43,45,47)(H2,40,42,44,46,48)/b6-5+. The van der Waals surface area contributed by atoms with Crippen LogP contribution in [0.15, 0.2) is 130 Å². The lowest BCUT2D eigenvalue weighted by molar-refractivity contribution is 0.333. The molecule has 0 aliphatic rings. The lowest BCUT2D eigenvalue weighted by Gasteiger charge is -2.12. The first-order chi connectivity index (χ1) is 31.1. The molecule has 0 radical (unpaired) electrons. The predicted octanol–water partition coefficient (Wildman–Crippen LogP) is 5.32. The molecule has 0 unspecified atom stereocenters. The summed E-state index contributed by atoms with van der Waals surface area (Å²) < 4.78 is 146. The highest BCUT2D eigenvalue weighted by atomic mass is 32.2. The van der Waals surface area contributed by atoms with E-state index in [-0.39, 0.29) is 81.3 Å². The average Bonchev–Trinajstić information content (AvgIpc) is 3.23. The van der Waals surface area contributed by atoms with Crippen LogP contribution < -0.4 is 30.7 Å². The molecule has 0 aliphatic carbocycles. The second kappa shape index (κ2) is 19.7. The number of hydrogen-bond donors (Lipinski definition) is 8. The zero-order valence-corrected chi connectivity index (χ0v) is 36.7. The zero-order chi connectivity index (χ0) is 47.9. The Bertz CT molecular complexity index is 3090. The summed E-state index contributed by atoms with van der Waals surface area (Å²) in [7, 11) is -18.8. The van der Waals surface area contributed by atoms with E-state index < -0.39 is 50.3 Å². The first-order valence-corrected chi connectivity index (χ1v) is 24.0. The third kappa shape index (κ3) is 13.1. The highest BCUT2D eigenvalue weighted by Crippen LogP contribution is 2.29. The molecule has 344 valence electrons. The Morgan fingerprint density at radius 1 is 0.439 bits per heavy atom. The Labute approximate surface area is 376 Å². The molecule has 0 fully saturated rings. The van der Waals surface area contributed by atoms with Crippen molar-refractivity contribution >= 4 is 99.2 Å². The van der Waals surface area contributed by atoms with Crippen LogP contribution in [0.3, 0.4) is 0 Å². The summed E-state index contributed by atoms with van der Waals surface area (Å²) in [5, 5.41) is 11.2. The number of nitrogens with zero attached hydrogens (tertiary/aromatic N) is 6. The Hall–Kier alpha value is -7.44. The van der Waals surface area contributed by atoms with E-state index in [4.69, 9.17) is 9.47 Å². The third-order valence-corrected chi connectivity index (χ3v) is 11.8. The van der Waals surface area contributed by atoms with Gasteiger partial charge < -0.3 is 30.7 Å². The normalized spacial score (nSPS) is 12.0. The number of aromatic nitrogens is 6. The van der Waals surface area contributed by atoms with Gasteiger partial charge >= 0.3 is 12.0 Å². The average molecular weight is 983 g/mol. The molecule has 66 heavy (non-hydrogen) atoms. The maximum absolute atomic E-state index is 12.6. The van der Waals surface area contributed by atoms with Crippen molar-refractivity contribution in [3.63, 3.8) is 0 Å². The summed E-state index contributed by atoms with van der Waals surface area (Å²) in [6, 6.07) is 16.7. The highest BCUT2D eigenvalue weighted by Gasteiger charge is 2.20. The molecule has 6 aromatic rings. The fraction of sp³-hybridized carbons (Fsp3) is 0.0526. The summed E-state index contributed by atoms with van der Waals surface area (Å²) in [4.78, 5) is 23.0. The monoisotopic (exact) mass is 982 g/mol. The lowest BCUT2D eigenvalue weighted by Crippen LogP contribution is -2.08. The number of hydrogen-bond acceptors (Lipinski definition) is 20. The molecule has 0 bridgehead atoms. The van der Waals surface area contributed by atoms with Gasteiger partial charge in [-0.3, -0.25) is 18.2 Å². The first kappa shape index (κ1) is 48.0. The Balaban J connectivity index is 1.26. The van der Waals surface area contributed by atoms with E-state index >= 15 is 0 Å². The van der Waals surface area contributed by atoms with E-state index in [2.05, 4.69) is 64.3 Å². The molecule has 2 aromatic heterocycles. The smallest absolute Gasteiger partial charge is 0.323 e. The van der Waals surface area contributed by atoms with E-state index in [1.807, 2.05) is 0 Å². The highest BCUT2D eigenvalue weighted by molar-refractivity contribution is 7.86. The lowest BCUT2D eigenvalue weighted by atomic mass is 10.1. The minimum Gasteiger partial charge on any atom is -0.459 e. The maximum Gasteiger partial charge on any atom is 0.323 e. The summed E-state index contributed by atoms with van der Waals surface area (Å²) >= 11 is 0. The van der Waals surface area contributed by atoms with Crippen LogP contribution in [-0.2, 0) is 40.5 Å². The molecule has 24 nitrogen and oxygen atoms in total. The van der Waals surface area contributed by atoms with Crippen LogP contribution in [0.2, 0.25) is 0 Å². The van der Waals surface area contributed by atoms with Crippen molar-refractivity contribution in [3.8, 4) is 12.0 Å². The van der Waals surface area contributed by atoms with Crippen molar-refractivity contribution in [2.45, 2.75) is 19.6 Å². The second-order valence-corrected chi connectivity index (χ2v) is 18.6. The van der Waals surface area contributed by atoms with E-state index in [0.29, 0.717) is 11.4 Å². The van der Waals surface area contributed by atoms with Crippen LogP contribution >= 0.6 is 0 Å². The van der Waals surface area contributed by atoms with Crippen LogP contribution in [0, 0.1) is 0 Å². The second-order valence-electron chi connectivity index (χ2n) is 13.0. The molecular weight excluding hydrogens is 949 g/mol. The topological polar surface area (TPSA) is 361 Å². The summed E-state index contributed by atoms with van der Waals surface area (Å²) in [6.07, 6.45) is 5.16. The number of benzene rings is 4. The third-order valence-electron chi connectivity index (χ3n) is 8.24. The van der Waals surface area contributed by atoms with Gasteiger partial charge in [0.25, 0.3) is 40.5 Å². The van der Waals surface area contributed by atoms with Gasteiger partial charge in [-0.05, 0) is 83.9 Å². The van der Waals surface area contributed by atoms with E-state index in [0.717, 1.165) is 36.4 Å². The Kier molecular flexibility index (Phi) is 14.4. The molecule has 0 atom stereocenters. The molecule has 2 heterocycles. The van der Waals surface area contributed by atoms with Crippen molar-refractivity contribution in [3.05, 3.63) is 121 Å². The molecule has 4 aromatic carbocycles. The van der Waals surface area contributed by atoms with Gasteiger partial charge in [0, 0.05) is 22.7 Å². The van der Waals surface area contributed by atoms with E-state index in [1.54, 1.807) is 0 Å².